The topological polar surface area (TPSA) is 3.24 Å². The molecule has 0 spiro atoms. The molecule has 1 aromatic carbocycles. The van der Waals surface area contributed by atoms with Gasteiger partial charge in [-0.15, -0.1) is 0 Å². The van der Waals surface area contributed by atoms with E-state index in [1.807, 2.05) is 12.1 Å². The zero-order valence-electron chi connectivity index (χ0n) is 9.08. The molecule has 0 radical (unpaired) electrons. The Labute approximate surface area is 106 Å². The maximum Gasteiger partial charge on any atom is 0.0598 e. The highest BCUT2D eigenvalue weighted by Crippen LogP contribution is 2.40. The highest BCUT2D eigenvalue weighted by Gasteiger charge is 2.38. The molecular formula is C13H13Cl2N. The molecule has 0 aromatic heterocycles. The normalized spacial score (nSPS) is 28.6. The van der Waals surface area contributed by atoms with Crippen LogP contribution in [-0.4, -0.2) is 24.0 Å². The van der Waals surface area contributed by atoms with Gasteiger partial charge in [0, 0.05) is 12.1 Å². The Hall–Kier alpha value is -0.500. The van der Waals surface area contributed by atoms with Crippen LogP contribution in [0.1, 0.15) is 18.4 Å². The fourth-order valence-electron chi connectivity index (χ4n) is 2.62. The summed E-state index contributed by atoms with van der Waals surface area (Å²) >= 11 is 12.0. The Bertz CT molecular complexity index is 467. The van der Waals surface area contributed by atoms with Gasteiger partial charge in [0.1, 0.15) is 0 Å². The second-order valence-electron chi connectivity index (χ2n) is 4.65. The van der Waals surface area contributed by atoms with E-state index in [0.29, 0.717) is 16.1 Å². The summed E-state index contributed by atoms with van der Waals surface area (Å²) in [6.45, 7) is 0. The molecule has 1 aromatic rings. The molecule has 2 atom stereocenters. The minimum Gasteiger partial charge on any atom is -0.297 e. The smallest absolute Gasteiger partial charge is 0.0598 e. The third-order valence-electron chi connectivity index (χ3n) is 3.75. The first-order chi connectivity index (χ1) is 7.65. The maximum absolute atomic E-state index is 6.04. The van der Waals surface area contributed by atoms with E-state index < -0.39 is 0 Å². The van der Waals surface area contributed by atoms with Crippen LogP contribution >= 0.6 is 23.2 Å². The van der Waals surface area contributed by atoms with Gasteiger partial charge in [0.25, 0.3) is 0 Å². The average Bonchev–Trinajstić information content (AvgIpc) is 2.32. The molecule has 1 aliphatic carbocycles. The van der Waals surface area contributed by atoms with E-state index in [9.17, 15) is 0 Å². The number of likely N-dealkylation sites (N-methyl/N-ethyl adjacent to an activating group) is 1. The maximum atomic E-state index is 6.04. The van der Waals surface area contributed by atoms with E-state index in [-0.39, 0.29) is 0 Å². The van der Waals surface area contributed by atoms with Crippen molar-refractivity contribution >= 4 is 28.8 Å². The lowest BCUT2D eigenvalue weighted by Gasteiger charge is -2.49. The summed E-state index contributed by atoms with van der Waals surface area (Å²) in [5.74, 6) is 0. The zero-order chi connectivity index (χ0) is 11.3. The molecule has 16 heavy (non-hydrogen) atoms. The summed E-state index contributed by atoms with van der Waals surface area (Å²) in [5.41, 5.74) is 2.63. The SMILES string of the molecule is CN1C2C=C(c3ccc(Cl)c(Cl)c3)CC1C2. The van der Waals surface area contributed by atoms with Crippen molar-refractivity contribution in [1.29, 1.82) is 0 Å². The number of benzene rings is 1. The molecule has 3 heteroatoms. The van der Waals surface area contributed by atoms with E-state index in [1.54, 1.807) is 0 Å². The molecule has 84 valence electrons. The summed E-state index contributed by atoms with van der Waals surface area (Å²) in [4.78, 5) is 2.43. The molecule has 4 rings (SSSR count). The number of hydrogen-bond donors (Lipinski definition) is 0. The number of hydrogen-bond acceptors (Lipinski definition) is 1. The van der Waals surface area contributed by atoms with Gasteiger partial charge in [0.05, 0.1) is 10.0 Å². The van der Waals surface area contributed by atoms with Gasteiger partial charge in [-0.25, -0.2) is 0 Å². The van der Waals surface area contributed by atoms with Crippen LogP contribution in [0.2, 0.25) is 10.0 Å². The molecule has 0 saturated carbocycles. The van der Waals surface area contributed by atoms with Crippen molar-refractivity contribution in [3.8, 4) is 0 Å². The van der Waals surface area contributed by atoms with Crippen LogP contribution in [0.15, 0.2) is 24.3 Å². The lowest BCUT2D eigenvalue weighted by Crippen LogP contribution is -2.54. The van der Waals surface area contributed by atoms with Gasteiger partial charge in [-0.3, -0.25) is 4.90 Å². The Morgan fingerprint density at radius 2 is 2.06 bits per heavy atom. The number of halogens is 2. The van der Waals surface area contributed by atoms with Gasteiger partial charge in [0.2, 0.25) is 0 Å². The summed E-state index contributed by atoms with van der Waals surface area (Å²) in [7, 11) is 2.20. The Kier molecular flexibility index (Phi) is 2.50. The molecule has 1 saturated heterocycles. The Morgan fingerprint density at radius 3 is 2.62 bits per heavy atom. The van der Waals surface area contributed by atoms with Gasteiger partial charge in [-0.1, -0.05) is 35.3 Å². The minimum absolute atomic E-state index is 0.628. The zero-order valence-corrected chi connectivity index (χ0v) is 10.6. The quantitative estimate of drug-likeness (QED) is 0.735. The molecule has 3 aliphatic rings. The van der Waals surface area contributed by atoms with E-state index in [0.717, 1.165) is 12.5 Å². The van der Waals surface area contributed by atoms with Crippen molar-refractivity contribution < 1.29 is 0 Å². The second kappa shape index (κ2) is 3.76. The largest absolute Gasteiger partial charge is 0.297 e. The van der Waals surface area contributed by atoms with Crippen LogP contribution in [-0.2, 0) is 0 Å². The van der Waals surface area contributed by atoms with Crippen molar-refractivity contribution in [2.45, 2.75) is 24.9 Å². The van der Waals surface area contributed by atoms with Crippen molar-refractivity contribution in [2.75, 3.05) is 7.05 Å². The Balaban J connectivity index is 1.94. The Morgan fingerprint density at radius 1 is 1.25 bits per heavy atom. The van der Waals surface area contributed by atoms with Crippen molar-refractivity contribution in [3.63, 3.8) is 0 Å². The molecule has 1 fully saturated rings. The first-order valence-corrected chi connectivity index (χ1v) is 6.29. The standard InChI is InChI=1S/C13H13Cl2N/c1-16-10-4-9(5-11(16)7-10)8-2-3-12(14)13(15)6-8/h2-4,6,10-11H,5,7H2,1H3. The number of fused-ring (bicyclic) bond motifs is 1. The molecule has 1 nitrogen and oxygen atoms in total. The lowest BCUT2D eigenvalue weighted by molar-refractivity contribution is 0.0700. The van der Waals surface area contributed by atoms with Gasteiger partial charge >= 0.3 is 0 Å². The summed E-state index contributed by atoms with van der Waals surface area (Å²) in [5, 5.41) is 1.27. The first kappa shape index (κ1) is 10.6. The molecule has 2 unspecified atom stereocenters. The van der Waals surface area contributed by atoms with Crippen molar-refractivity contribution in [2.24, 2.45) is 0 Å². The van der Waals surface area contributed by atoms with Crippen LogP contribution in [0.5, 0.6) is 0 Å². The van der Waals surface area contributed by atoms with E-state index in [2.05, 4.69) is 24.1 Å². The van der Waals surface area contributed by atoms with Crippen LogP contribution in [0.25, 0.3) is 5.57 Å². The van der Waals surface area contributed by atoms with Crippen LogP contribution < -0.4 is 0 Å². The lowest BCUT2D eigenvalue weighted by atomic mass is 9.79. The number of nitrogens with zero attached hydrogens (tertiary/aromatic N) is 1. The van der Waals surface area contributed by atoms with E-state index >= 15 is 0 Å². The summed E-state index contributed by atoms with van der Waals surface area (Å²) in [6, 6.07) is 7.26. The van der Waals surface area contributed by atoms with E-state index in [1.165, 1.54) is 17.6 Å². The first-order valence-electron chi connectivity index (χ1n) is 5.53. The van der Waals surface area contributed by atoms with Gasteiger partial charge in [-0.2, -0.15) is 0 Å². The van der Waals surface area contributed by atoms with Crippen LogP contribution in [0.3, 0.4) is 0 Å². The number of rotatable bonds is 1. The van der Waals surface area contributed by atoms with Gasteiger partial charge in [-0.05, 0) is 43.2 Å². The van der Waals surface area contributed by atoms with Gasteiger partial charge < -0.3 is 0 Å². The van der Waals surface area contributed by atoms with Crippen molar-refractivity contribution in [1.82, 2.24) is 4.90 Å². The highest BCUT2D eigenvalue weighted by molar-refractivity contribution is 6.42. The third kappa shape index (κ3) is 1.58. The van der Waals surface area contributed by atoms with Crippen LogP contribution in [0.4, 0.5) is 0 Å². The predicted molar refractivity (Wildman–Crippen MR) is 69.0 cm³/mol. The molecule has 2 bridgehead atoms. The third-order valence-corrected chi connectivity index (χ3v) is 4.49. The minimum atomic E-state index is 0.628. The van der Waals surface area contributed by atoms with Crippen molar-refractivity contribution in [3.05, 3.63) is 39.9 Å². The predicted octanol–water partition coefficient (Wildman–Crippen LogP) is 3.85. The molecule has 2 aliphatic heterocycles. The highest BCUT2D eigenvalue weighted by atomic mass is 35.5. The fraction of sp³-hybridized carbons (Fsp3) is 0.385. The molecule has 0 amide bonds. The molecular weight excluding hydrogens is 241 g/mol. The monoisotopic (exact) mass is 253 g/mol. The second-order valence-corrected chi connectivity index (χ2v) is 5.46. The molecule has 0 N–H and O–H groups in total. The fourth-order valence-corrected chi connectivity index (χ4v) is 2.92. The van der Waals surface area contributed by atoms with Gasteiger partial charge in [0.15, 0.2) is 0 Å². The summed E-state index contributed by atoms with van der Waals surface area (Å²) < 4.78 is 0. The summed E-state index contributed by atoms with van der Waals surface area (Å²) in [6.07, 6.45) is 4.80. The average molecular weight is 254 g/mol. The van der Waals surface area contributed by atoms with Crippen LogP contribution in [0, 0.1) is 0 Å². The van der Waals surface area contributed by atoms with E-state index in [4.69, 9.17) is 23.2 Å². The molecule has 2 heterocycles.